The van der Waals surface area contributed by atoms with Crippen molar-refractivity contribution in [2.75, 3.05) is 10.2 Å². The van der Waals surface area contributed by atoms with Crippen molar-refractivity contribution in [3.63, 3.8) is 0 Å². The van der Waals surface area contributed by atoms with Crippen molar-refractivity contribution in [1.82, 2.24) is 14.9 Å². The molecule has 2 aromatic carbocycles. The summed E-state index contributed by atoms with van der Waals surface area (Å²) >= 11 is 5.88. The molecule has 0 unspecified atom stereocenters. The maximum Gasteiger partial charge on any atom is 0.335 e. The Hall–Kier alpha value is -4.50. The monoisotopic (exact) mass is 539 g/mol. The number of pyridine rings is 1. The van der Waals surface area contributed by atoms with E-state index in [1.54, 1.807) is 30.5 Å². The molecular formula is C30H29N5O3S. The van der Waals surface area contributed by atoms with Crippen LogP contribution in [0.1, 0.15) is 53.2 Å². The van der Waals surface area contributed by atoms with Gasteiger partial charge in [-0.1, -0.05) is 19.9 Å². The number of anilines is 2. The summed E-state index contributed by atoms with van der Waals surface area (Å²) in [5.74, 6) is -1.13. The van der Waals surface area contributed by atoms with Crippen molar-refractivity contribution in [3.05, 3.63) is 108 Å². The highest BCUT2D eigenvalue weighted by atomic mass is 32.1. The van der Waals surface area contributed by atoms with Gasteiger partial charge in [0, 0.05) is 41.1 Å². The standard InChI is InChI=1S/C30H29N5O3S/c1-18(2)28(36)32-23-14-13-22(17-19(23)3)35-27(26(33-30(35)39)24-7-4-5-15-31-24)25-8-6-16-34(25)21-11-9-20(10-12-21)29(37)38/h4-18,26-27H,1-3H3,(H,32,36)(H,33,39)(H,37,38)/t26-,27+/m1/s1. The van der Waals surface area contributed by atoms with Crippen LogP contribution >= 0.6 is 12.2 Å². The summed E-state index contributed by atoms with van der Waals surface area (Å²) in [5, 5.41) is 16.4. The quantitative estimate of drug-likeness (QED) is 0.261. The molecule has 198 valence electrons. The molecule has 1 saturated heterocycles. The van der Waals surface area contributed by atoms with Gasteiger partial charge in [0.25, 0.3) is 0 Å². The van der Waals surface area contributed by atoms with Crippen molar-refractivity contribution in [3.8, 4) is 5.69 Å². The minimum Gasteiger partial charge on any atom is -0.478 e. The highest BCUT2D eigenvalue weighted by molar-refractivity contribution is 7.80. The average Bonchev–Trinajstić information content (AvgIpc) is 3.54. The zero-order valence-corrected chi connectivity index (χ0v) is 22.6. The molecule has 0 bridgehead atoms. The van der Waals surface area contributed by atoms with E-state index in [0.29, 0.717) is 5.11 Å². The maximum atomic E-state index is 12.3. The molecule has 2 aromatic heterocycles. The molecule has 1 aliphatic heterocycles. The van der Waals surface area contributed by atoms with Gasteiger partial charge in [0.2, 0.25) is 5.91 Å². The van der Waals surface area contributed by atoms with E-state index in [9.17, 15) is 14.7 Å². The molecule has 0 radical (unpaired) electrons. The molecule has 8 nitrogen and oxygen atoms in total. The van der Waals surface area contributed by atoms with E-state index in [4.69, 9.17) is 12.2 Å². The highest BCUT2D eigenvalue weighted by Crippen LogP contribution is 2.43. The second-order valence-corrected chi connectivity index (χ2v) is 10.2. The Labute approximate surface area is 232 Å². The first-order valence-electron chi connectivity index (χ1n) is 12.7. The molecule has 2 atom stereocenters. The molecule has 3 N–H and O–H groups in total. The zero-order valence-electron chi connectivity index (χ0n) is 21.8. The van der Waals surface area contributed by atoms with Crippen LogP contribution in [0.4, 0.5) is 11.4 Å². The van der Waals surface area contributed by atoms with E-state index < -0.39 is 5.97 Å². The van der Waals surface area contributed by atoms with Crippen molar-refractivity contribution < 1.29 is 14.7 Å². The van der Waals surface area contributed by atoms with Crippen LogP contribution in [0, 0.1) is 12.8 Å². The second kappa shape index (κ2) is 10.7. The first-order valence-corrected chi connectivity index (χ1v) is 13.1. The fourth-order valence-corrected chi connectivity index (χ4v) is 5.13. The Kier molecular flexibility index (Phi) is 7.17. The number of nitrogens with zero attached hydrogens (tertiary/aromatic N) is 3. The largest absolute Gasteiger partial charge is 0.478 e. The lowest BCUT2D eigenvalue weighted by Gasteiger charge is -2.29. The number of hydrogen-bond donors (Lipinski definition) is 3. The van der Waals surface area contributed by atoms with Crippen LogP contribution < -0.4 is 15.5 Å². The molecule has 3 heterocycles. The van der Waals surface area contributed by atoms with Crippen LogP contribution in [-0.2, 0) is 4.79 Å². The number of carbonyl (C=O) groups is 2. The Morgan fingerprint density at radius 2 is 1.77 bits per heavy atom. The van der Waals surface area contributed by atoms with Gasteiger partial charge in [-0.3, -0.25) is 9.78 Å². The maximum absolute atomic E-state index is 12.3. The predicted molar refractivity (Wildman–Crippen MR) is 155 cm³/mol. The van der Waals surface area contributed by atoms with Crippen LogP contribution in [0.2, 0.25) is 0 Å². The van der Waals surface area contributed by atoms with Gasteiger partial charge >= 0.3 is 5.97 Å². The number of hydrogen-bond acceptors (Lipinski definition) is 4. The molecule has 1 amide bonds. The van der Waals surface area contributed by atoms with Gasteiger partial charge in [0.1, 0.15) is 6.04 Å². The molecule has 0 aliphatic carbocycles. The van der Waals surface area contributed by atoms with Crippen LogP contribution in [0.25, 0.3) is 5.69 Å². The number of rotatable bonds is 7. The lowest BCUT2D eigenvalue weighted by atomic mass is 10.00. The predicted octanol–water partition coefficient (Wildman–Crippen LogP) is 5.65. The number of amides is 1. The second-order valence-electron chi connectivity index (χ2n) is 9.79. The Bertz CT molecular complexity index is 1530. The molecular weight excluding hydrogens is 510 g/mol. The fourth-order valence-electron chi connectivity index (χ4n) is 4.78. The van der Waals surface area contributed by atoms with Crippen molar-refractivity contribution in [2.45, 2.75) is 32.9 Å². The van der Waals surface area contributed by atoms with Gasteiger partial charge in [0.05, 0.1) is 17.3 Å². The first kappa shape index (κ1) is 26.1. The molecule has 0 saturated carbocycles. The minimum atomic E-state index is -0.968. The number of carboxylic acids is 1. The smallest absolute Gasteiger partial charge is 0.335 e. The third-order valence-electron chi connectivity index (χ3n) is 6.84. The van der Waals surface area contributed by atoms with E-state index in [1.165, 1.54) is 0 Å². The summed E-state index contributed by atoms with van der Waals surface area (Å²) in [7, 11) is 0. The number of aromatic nitrogens is 2. The van der Waals surface area contributed by atoms with Gasteiger partial charge in [0.15, 0.2) is 5.11 Å². The van der Waals surface area contributed by atoms with Gasteiger partial charge < -0.3 is 25.2 Å². The van der Waals surface area contributed by atoms with E-state index in [-0.39, 0.29) is 29.5 Å². The van der Waals surface area contributed by atoms with Crippen LogP contribution in [0.15, 0.2) is 85.2 Å². The SMILES string of the molecule is Cc1cc(N2C(=S)N[C@H](c3ccccn3)[C@@H]2c2cccn2-c2ccc(C(=O)O)cc2)ccc1NC(=O)C(C)C. The van der Waals surface area contributed by atoms with Gasteiger partial charge in [-0.2, -0.15) is 0 Å². The number of benzene rings is 2. The first-order chi connectivity index (χ1) is 18.7. The topological polar surface area (TPSA) is 99.5 Å². The summed E-state index contributed by atoms with van der Waals surface area (Å²) in [6, 6.07) is 22.0. The van der Waals surface area contributed by atoms with E-state index in [1.807, 2.05) is 80.1 Å². The number of thiocarbonyl (C=S) groups is 1. The summed E-state index contributed by atoms with van der Waals surface area (Å²) in [5.41, 5.74) is 5.42. The van der Waals surface area contributed by atoms with Crippen molar-refractivity contribution in [2.24, 2.45) is 5.92 Å². The number of carboxylic acid groups (broad SMARTS) is 1. The van der Waals surface area contributed by atoms with Crippen LogP contribution in [0.5, 0.6) is 0 Å². The summed E-state index contributed by atoms with van der Waals surface area (Å²) in [6.07, 6.45) is 3.72. The molecule has 39 heavy (non-hydrogen) atoms. The minimum absolute atomic E-state index is 0.0379. The molecule has 4 aromatic rings. The molecule has 1 fully saturated rings. The van der Waals surface area contributed by atoms with Crippen LogP contribution in [0.3, 0.4) is 0 Å². The third kappa shape index (κ3) is 5.13. The number of aryl methyl sites for hydroxylation is 1. The fraction of sp³-hybridized carbons (Fsp3) is 0.200. The summed E-state index contributed by atoms with van der Waals surface area (Å²) < 4.78 is 2.04. The van der Waals surface area contributed by atoms with Crippen molar-refractivity contribution in [1.29, 1.82) is 0 Å². The van der Waals surface area contributed by atoms with Gasteiger partial charge in [-0.05, 0) is 91.4 Å². The summed E-state index contributed by atoms with van der Waals surface area (Å²) in [4.78, 5) is 30.4. The Balaban J connectivity index is 1.59. The zero-order chi connectivity index (χ0) is 27.7. The lowest BCUT2D eigenvalue weighted by molar-refractivity contribution is -0.118. The van der Waals surface area contributed by atoms with E-state index >= 15 is 0 Å². The van der Waals surface area contributed by atoms with E-state index in [0.717, 1.165) is 34.0 Å². The molecule has 9 heteroatoms. The van der Waals surface area contributed by atoms with Crippen LogP contribution in [-0.4, -0.2) is 31.6 Å². The Morgan fingerprint density at radius 3 is 2.41 bits per heavy atom. The number of nitrogens with one attached hydrogen (secondary N) is 2. The average molecular weight is 540 g/mol. The van der Waals surface area contributed by atoms with Gasteiger partial charge in [-0.25, -0.2) is 4.79 Å². The number of aromatic carboxylic acids is 1. The van der Waals surface area contributed by atoms with Crippen molar-refractivity contribution >= 4 is 40.6 Å². The third-order valence-corrected chi connectivity index (χ3v) is 7.16. The lowest BCUT2D eigenvalue weighted by Crippen LogP contribution is -2.30. The summed E-state index contributed by atoms with van der Waals surface area (Å²) in [6.45, 7) is 5.68. The normalized spacial score (nSPS) is 16.8. The molecule has 1 aliphatic rings. The van der Waals surface area contributed by atoms with Gasteiger partial charge in [-0.15, -0.1) is 0 Å². The molecule has 5 rings (SSSR count). The number of carbonyl (C=O) groups excluding carboxylic acids is 1. The molecule has 0 spiro atoms. The van der Waals surface area contributed by atoms with E-state index in [2.05, 4.69) is 20.5 Å². The Morgan fingerprint density at radius 1 is 1.03 bits per heavy atom. The highest BCUT2D eigenvalue weighted by Gasteiger charge is 2.42.